The fourth-order valence-corrected chi connectivity index (χ4v) is 3.78. The Balaban J connectivity index is 1.52. The fraction of sp³-hybridized carbons (Fsp3) is 0.107. The van der Waals surface area contributed by atoms with Crippen LogP contribution in [0.3, 0.4) is 0 Å². The van der Waals surface area contributed by atoms with Crippen LogP contribution >= 0.6 is 0 Å². The molecule has 0 bridgehead atoms. The lowest BCUT2D eigenvalue weighted by atomic mass is 9.88. The van der Waals surface area contributed by atoms with Crippen molar-refractivity contribution in [3.8, 4) is 22.6 Å². The van der Waals surface area contributed by atoms with Crippen molar-refractivity contribution in [1.82, 2.24) is 4.98 Å². The van der Waals surface area contributed by atoms with Gasteiger partial charge in [-0.25, -0.2) is 0 Å². The number of hydrogen-bond donors (Lipinski definition) is 1. The first-order valence-corrected chi connectivity index (χ1v) is 10.6. The molecule has 4 aromatic rings. The van der Waals surface area contributed by atoms with Gasteiger partial charge in [0.15, 0.2) is 0 Å². The van der Waals surface area contributed by atoms with E-state index < -0.39 is 0 Å². The number of methoxy groups -OCH3 is 2. The van der Waals surface area contributed by atoms with Crippen molar-refractivity contribution in [3.05, 3.63) is 115 Å². The molecule has 1 amide bonds. The number of hydrogen-bond acceptors (Lipinski definition) is 4. The maximum absolute atomic E-state index is 12.9. The van der Waals surface area contributed by atoms with Crippen LogP contribution < -0.4 is 14.8 Å². The second-order valence-corrected chi connectivity index (χ2v) is 7.45. The Labute approximate surface area is 194 Å². The smallest absolute Gasteiger partial charge is 0.229 e. The van der Waals surface area contributed by atoms with E-state index in [0.717, 1.165) is 22.3 Å². The highest BCUT2D eigenvalue weighted by Gasteiger charge is 2.19. The van der Waals surface area contributed by atoms with Crippen molar-refractivity contribution in [2.45, 2.75) is 5.92 Å². The summed E-state index contributed by atoms with van der Waals surface area (Å²) in [6.45, 7) is 0. The van der Waals surface area contributed by atoms with Crippen LogP contribution in [0.2, 0.25) is 0 Å². The summed E-state index contributed by atoms with van der Waals surface area (Å²) >= 11 is 0. The SMILES string of the molecule is COc1cncc(OC)c1-c1ccc(NC(=O)[CH]C(c2ccccc2)c2ccccc2)cc1. The standard InChI is InChI=1S/C28H25N2O3/c1-32-25-18-29-19-26(33-2)28(25)22-13-15-23(16-14-22)30-27(31)17-24(20-9-5-3-6-10-20)21-11-7-4-8-12-21/h3-19,24H,1-2H3,(H,30,31). The minimum Gasteiger partial charge on any atom is -0.494 e. The molecule has 1 radical (unpaired) electrons. The third kappa shape index (κ3) is 5.21. The van der Waals surface area contributed by atoms with Crippen LogP contribution in [-0.4, -0.2) is 25.1 Å². The first-order valence-electron chi connectivity index (χ1n) is 10.6. The third-order valence-corrected chi connectivity index (χ3v) is 5.39. The van der Waals surface area contributed by atoms with Gasteiger partial charge in [0.25, 0.3) is 0 Å². The Morgan fingerprint density at radius 3 is 1.79 bits per heavy atom. The first-order chi connectivity index (χ1) is 16.2. The molecule has 0 saturated carbocycles. The third-order valence-electron chi connectivity index (χ3n) is 5.39. The van der Waals surface area contributed by atoms with Crippen molar-refractivity contribution in [2.75, 3.05) is 19.5 Å². The maximum atomic E-state index is 12.9. The molecule has 165 valence electrons. The van der Waals surface area contributed by atoms with Crippen LogP contribution in [-0.2, 0) is 4.79 Å². The number of nitrogens with one attached hydrogen (secondary N) is 1. The summed E-state index contributed by atoms with van der Waals surface area (Å²) in [5.41, 5.74) is 4.54. The molecule has 0 spiro atoms. The second-order valence-electron chi connectivity index (χ2n) is 7.45. The topological polar surface area (TPSA) is 60.5 Å². The molecule has 5 heteroatoms. The molecule has 33 heavy (non-hydrogen) atoms. The average molecular weight is 438 g/mol. The molecular formula is C28H25N2O3. The number of rotatable bonds is 8. The number of benzene rings is 3. The number of amides is 1. The maximum Gasteiger partial charge on any atom is 0.229 e. The molecule has 0 aliphatic heterocycles. The van der Waals surface area contributed by atoms with E-state index >= 15 is 0 Å². The van der Waals surface area contributed by atoms with Gasteiger partial charge in [-0.1, -0.05) is 72.8 Å². The van der Waals surface area contributed by atoms with E-state index in [0.29, 0.717) is 17.2 Å². The molecule has 0 aliphatic carbocycles. The van der Waals surface area contributed by atoms with Crippen molar-refractivity contribution >= 4 is 11.6 Å². The zero-order valence-corrected chi connectivity index (χ0v) is 18.6. The molecule has 1 N–H and O–H groups in total. The van der Waals surface area contributed by atoms with Crippen molar-refractivity contribution < 1.29 is 14.3 Å². The monoisotopic (exact) mass is 437 g/mol. The molecule has 0 atom stereocenters. The normalized spacial score (nSPS) is 10.6. The van der Waals surface area contributed by atoms with Gasteiger partial charge in [0.05, 0.1) is 38.6 Å². The zero-order valence-electron chi connectivity index (χ0n) is 18.6. The van der Waals surface area contributed by atoms with Crippen LogP contribution in [0.1, 0.15) is 17.0 Å². The van der Waals surface area contributed by atoms with Crippen LogP contribution in [0.15, 0.2) is 97.3 Å². The summed E-state index contributed by atoms with van der Waals surface area (Å²) in [6, 6.07) is 27.6. The number of anilines is 1. The second kappa shape index (κ2) is 10.5. The minimum absolute atomic E-state index is 0.142. The summed E-state index contributed by atoms with van der Waals surface area (Å²) in [4.78, 5) is 17.0. The Hall–Kier alpha value is -4.12. The quantitative estimate of drug-likeness (QED) is 0.382. The number of carbonyl (C=O) groups excluding carboxylic acids is 1. The summed E-state index contributed by atoms with van der Waals surface area (Å²) in [7, 11) is 3.19. The molecule has 0 saturated heterocycles. The number of pyridine rings is 1. The minimum atomic E-state index is -0.167. The molecule has 0 aliphatic rings. The van der Waals surface area contributed by atoms with Gasteiger partial charge in [0.1, 0.15) is 11.5 Å². The molecule has 5 nitrogen and oxygen atoms in total. The molecular weight excluding hydrogens is 412 g/mol. The number of carbonyl (C=O) groups is 1. The van der Waals surface area contributed by atoms with Gasteiger partial charge in [0, 0.05) is 11.6 Å². The van der Waals surface area contributed by atoms with Crippen molar-refractivity contribution in [1.29, 1.82) is 0 Å². The highest BCUT2D eigenvalue weighted by Crippen LogP contribution is 2.37. The largest absolute Gasteiger partial charge is 0.494 e. The van der Waals surface area contributed by atoms with E-state index in [-0.39, 0.29) is 11.8 Å². The Kier molecular flexibility index (Phi) is 7.00. The van der Waals surface area contributed by atoms with Crippen molar-refractivity contribution in [3.63, 3.8) is 0 Å². The summed E-state index contributed by atoms with van der Waals surface area (Å²) < 4.78 is 10.9. The van der Waals surface area contributed by atoms with Gasteiger partial charge in [0.2, 0.25) is 5.91 Å². The zero-order chi connectivity index (χ0) is 23.0. The Morgan fingerprint density at radius 2 is 1.30 bits per heavy atom. The summed E-state index contributed by atoms with van der Waals surface area (Å²) in [5.74, 6) is 0.928. The van der Waals surface area contributed by atoms with Crippen LogP contribution in [0.25, 0.3) is 11.1 Å². The van der Waals surface area contributed by atoms with Gasteiger partial charge >= 0.3 is 0 Å². The van der Waals surface area contributed by atoms with E-state index in [1.165, 1.54) is 0 Å². The molecule has 4 rings (SSSR count). The van der Waals surface area contributed by atoms with Crippen molar-refractivity contribution in [2.24, 2.45) is 0 Å². The van der Waals surface area contributed by atoms with Gasteiger partial charge < -0.3 is 14.8 Å². The van der Waals surface area contributed by atoms with Gasteiger partial charge in [-0.05, 0) is 28.8 Å². The lowest BCUT2D eigenvalue weighted by molar-refractivity contribution is -0.113. The summed E-state index contributed by atoms with van der Waals surface area (Å²) in [5, 5.41) is 2.98. The Morgan fingerprint density at radius 1 is 0.788 bits per heavy atom. The van der Waals surface area contributed by atoms with E-state index in [9.17, 15) is 4.79 Å². The van der Waals surface area contributed by atoms with E-state index in [4.69, 9.17) is 9.47 Å². The van der Waals surface area contributed by atoms with Crippen LogP contribution in [0, 0.1) is 6.42 Å². The number of aromatic nitrogens is 1. The van der Waals surface area contributed by atoms with Crippen LogP contribution in [0.4, 0.5) is 5.69 Å². The van der Waals surface area contributed by atoms with Crippen LogP contribution in [0.5, 0.6) is 11.5 Å². The molecule has 0 fully saturated rings. The highest BCUT2D eigenvalue weighted by atomic mass is 16.5. The lowest BCUT2D eigenvalue weighted by Gasteiger charge is -2.18. The number of ether oxygens (including phenoxy) is 2. The van der Waals surface area contributed by atoms with Gasteiger partial charge in [-0.15, -0.1) is 0 Å². The average Bonchev–Trinajstić information content (AvgIpc) is 2.88. The molecule has 3 aromatic carbocycles. The molecule has 1 heterocycles. The van der Waals surface area contributed by atoms with E-state index in [1.807, 2.05) is 84.9 Å². The predicted octanol–water partition coefficient (Wildman–Crippen LogP) is 5.74. The predicted molar refractivity (Wildman–Crippen MR) is 130 cm³/mol. The fourth-order valence-electron chi connectivity index (χ4n) is 3.78. The molecule has 0 unspecified atom stereocenters. The van der Waals surface area contributed by atoms with E-state index in [1.54, 1.807) is 33.0 Å². The molecule has 1 aromatic heterocycles. The van der Waals surface area contributed by atoms with Gasteiger partial charge in [-0.2, -0.15) is 0 Å². The highest BCUT2D eigenvalue weighted by molar-refractivity contribution is 5.98. The number of nitrogens with zero attached hydrogens (tertiary/aromatic N) is 1. The Bertz CT molecular complexity index is 1130. The first kappa shape index (κ1) is 22.1. The lowest BCUT2D eigenvalue weighted by Crippen LogP contribution is -2.17. The van der Waals surface area contributed by atoms with E-state index in [2.05, 4.69) is 10.3 Å². The summed E-state index contributed by atoms with van der Waals surface area (Å²) in [6.07, 6.45) is 5.01. The van der Waals surface area contributed by atoms with Gasteiger partial charge in [-0.3, -0.25) is 9.78 Å².